The van der Waals surface area contributed by atoms with Crippen molar-refractivity contribution in [3.8, 4) is 0 Å². The van der Waals surface area contributed by atoms with E-state index in [0.717, 1.165) is 12.1 Å². The highest BCUT2D eigenvalue weighted by atomic mass is 15.3. The summed E-state index contributed by atoms with van der Waals surface area (Å²) >= 11 is 0. The molecule has 2 heteroatoms. The number of rotatable bonds is 3. The monoisotopic (exact) mass is 182 g/mol. The molecule has 76 valence electrons. The molecule has 2 unspecified atom stereocenters. The van der Waals surface area contributed by atoms with Crippen LogP contribution in [0.1, 0.15) is 33.1 Å². The summed E-state index contributed by atoms with van der Waals surface area (Å²) in [6, 6.07) is 1.54. The first-order chi connectivity index (χ1) is 6.29. The van der Waals surface area contributed by atoms with Gasteiger partial charge >= 0.3 is 0 Å². The van der Waals surface area contributed by atoms with Gasteiger partial charge in [-0.3, -0.25) is 9.80 Å². The van der Waals surface area contributed by atoms with Gasteiger partial charge in [0.1, 0.15) is 0 Å². The van der Waals surface area contributed by atoms with Crippen LogP contribution in [0.2, 0.25) is 0 Å². The Bertz CT molecular complexity index is 159. The van der Waals surface area contributed by atoms with Gasteiger partial charge in [0.2, 0.25) is 0 Å². The van der Waals surface area contributed by atoms with Gasteiger partial charge in [-0.1, -0.05) is 0 Å². The van der Waals surface area contributed by atoms with Crippen molar-refractivity contribution in [3.63, 3.8) is 0 Å². The van der Waals surface area contributed by atoms with Gasteiger partial charge in [0.25, 0.3) is 0 Å². The maximum absolute atomic E-state index is 2.66. The average Bonchev–Trinajstić information content (AvgIpc) is 2.51. The molecular weight excluding hydrogens is 160 g/mol. The third-order valence-corrected chi connectivity index (χ3v) is 3.88. The van der Waals surface area contributed by atoms with Gasteiger partial charge in [0.05, 0.1) is 0 Å². The van der Waals surface area contributed by atoms with Crippen LogP contribution in [0.3, 0.4) is 0 Å². The number of hydrogen-bond donors (Lipinski definition) is 0. The summed E-state index contributed by atoms with van der Waals surface area (Å²) in [7, 11) is 0. The lowest BCUT2D eigenvalue weighted by Crippen LogP contribution is -2.53. The van der Waals surface area contributed by atoms with Gasteiger partial charge in [-0.05, 0) is 59.3 Å². The molecule has 2 aliphatic rings. The van der Waals surface area contributed by atoms with Gasteiger partial charge in [-0.25, -0.2) is 0 Å². The Morgan fingerprint density at radius 2 is 1.08 bits per heavy atom. The van der Waals surface area contributed by atoms with Crippen LogP contribution in [-0.2, 0) is 0 Å². The van der Waals surface area contributed by atoms with E-state index in [2.05, 4.69) is 23.6 Å². The van der Waals surface area contributed by atoms with Crippen molar-refractivity contribution < 1.29 is 0 Å². The molecule has 2 saturated heterocycles. The van der Waals surface area contributed by atoms with Crippen molar-refractivity contribution in [2.75, 3.05) is 26.2 Å². The van der Waals surface area contributed by atoms with Gasteiger partial charge in [0.15, 0.2) is 0 Å². The first-order valence-corrected chi connectivity index (χ1v) is 5.77. The molecule has 0 amide bonds. The van der Waals surface area contributed by atoms with Crippen molar-refractivity contribution in [1.82, 2.24) is 9.80 Å². The van der Waals surface area contributed by atoms with Crippen LogP contribution in [0.5, 0.6) is 0 Å². The zero-order valence-electron chi connectivity index (χ0n) is 9.00. The molecule has 2 heterocycles. The number of nitrogens with zero attached hydrogens (tertiary/aromatic N) is 2. The van der Waals surface area contributed by atoms with Gasteiger partial charge in [0, 0.05) is 12.1 Å². The summed E-state index contributed by atoms with van der Waals surface area (Å²) in [5.41, 5.74) is 0. The number of hydrogen-bond acceptors (Lipinski definition) is 2. The van der Waals surface area contributed by atoms with E-state index in [-0.39, 0.29) is 0 Å². The second kappa shape index (κ2) is 3.97. The minimum absolute atomic E-state index is 0.766. The van der Waals surface area contributed by atoms with Crippen LogP contribution in [-0.4, -0.2) is 48.1 Å². The maximum atomic E-state index is 2.66. The van der Waals surface area contributed by atoms with E-state index in [1.165, 1.54) is 45.4 Å². The van der Waals surface area contributed by atoms with Crippen molar-refractivity contribution in [3.05, 3.63) is 0 Å². The Balaban J connectivity index is 1.83. The summed E-state index contributed by atoms with van der Waals surface area (Å²) in [5, 5.41) is 0. The van der Waals surface area contributed by atoms with Crippen molar-refractivity contribution in [2.45, 2.75) is 45.2 Å². The fraction of sp³-hybridized carbons (Fsp3) is 1.00. The SMILES string of the molecule is CC(C(C)N1CCC1)N1CCCC1. The quantitative estimate of drug-likeness (QED) is 0.653. The first-order valence-electron chi connectivity index (χ1n) is 5.77. The van der Waals surface area contributed by atoms with Gasteiger partial charge < -0.3 is 0 Å². The summed E-state index contributed by atoms with van der Waals surface area (Å²) in [6.45, 7) is 10.1. The van der Waals surface area contributed by atoms with E-state index in [1.807, 2.05) is 0 Å². The van der Waals surface area contributed by atoms with Crippen LogP contribution in [0.4, 0.5) is 0 Å². The third-order valence-electron chi connectivity index (χ3n) is 3.88. The van der Waals surface area contributed by atoms with E-state index in [4.69, 9.17) is 0 Å². The van der Waals surface area contributed by atoms with Crippen LogP contribution in [0.25, 0.3) is 0 Å². The van der Waals surface area contributed by atoms with Crippen molar-refractivity contribution >= 4 is 0 Å². The minimum atomic E-state index is 0.766. The predicted molar refractivity (Wildman–Crippen MR) is 55.9 cm³/mol. The van der Waals surface area contributed by atoms with Gasteiger partial charge in [-0.15, -0.1) is 0 Å². The summed E-state index contributed by atoms with van der Waals surface area (Å²) < 4.78 is 0. The van der Waals surface area contributed by atoms with E-state index in [9.17, 15) is 0 Å². The molecule has 2 atom stereocenters. The largest absolute Gasteiger partial charge is 0.299 e. The van der Waals surface area contributed by atoms with Crippen LogP contribution in [0, 0.1) is 0 Å². The Labute approximate surface area is 81.9 Å². The summed E-state index contributed by atoms with van der Waals surface area (Å²) in [5.74, 6) is 0. The lowest BCUT2D eigenvalue weighted by molar-refractivity contribution is 0.0654. The zero-order chi connectivity index (χ0) is 9.26. The van der Waals surface area contributed by atoms with E-state index >= 15 is 0 Å². The normalized spacial score (nSPS) is 30.0. The van der Waals surface area contributed by atoms with Crippen molar-refractivity contribution in [1.29, 1.82) is 0 Å². The fourth-order valence-electron chi connectivity index (χ4n) is 2.51. The molecule has 0 aromatic rings. The molecule has 0 aromatic carbocycles. The smallest absolute Gasteiger partial charge is 0.0220 e. The summed E-state index contributed by atoms with van der Waals surface area (Å²) in [4.78, 5) is 5.27. The van der Waals surface area contributed by atoms with E-state index < -0.39 is 0 Å². The maximum Gasteiger partial charge on any atom is 0.0220 e. The highest BCUT2D eigenvalue weighted by Gasteiger charge is 2.29. The molecule has 0 saturated carbocycles. The topological polar surface area (TPSA) is 6.48 Å². The molecule has 0 spiro atoms. The predicted octanol–water partition coefficient (Wildman–Crippen LogP) is 1.56. The van der Waals surface area contributed by atoms with E-state index in [1.54, 1.807) is 0 Å². The Hall–Kier alpha value is -0.0800. The second-order valence-electron chi connectivity index (χ2n) is 4.61. The zero-order valence-corrected chi connectivity index (χ0v) is 9.00. The van der Waals surface area contributed by atoms with Gasteiger partial charge in [-0.2, -0.15) is 0 Å². The number of likely N-dealkylation sites (tertiary alicyclic amines) is 2. The lowest BCUT2D eigenvalue weighted by Gasteiger charge is -2.42. The summed E-state index contributed by atoms with van der Waals surface area (Å²) in [6.07, 6.45) is 4.24. The molecule has 0 bridgehead atoms. The Morgan fingerprint density at radius 3 is 1.38 bits per heavy atom. The molecule has 2 aliphatic heterocycles. The molecule has 2 fully saturated rings. The molecule has 0 radical (unpaired) electrons. The van der Waals surface area contributed by atoms with Crippen LogP contribution in [0.15, 0.2) is 0 Å². The second-order valence-corrected chi connectivity index (χ2v) is 4.61. The highest BCUT2D eigenvalue weighted by Crippen LogP contribution is 2.20. The molecular formula is C11H22N2. The Morgan fingerprint density at radius 1 is 0.692 bits per heavy atom. The molecule has 2 rings (SSSR count). The van der Waals surface area contributed by atoms with Crippen molar-refractivity contribution in [2.24, 2.45) is 0 Å². The molecule has 0 N–H and O–H groups in total. The van der Waals surface area contributed by atoms with E-state index in [0.29, 0.717) is 0 Å². The average molecular weight is 182 g/mol. The molecule has 2 nitrogen and oxygen atoms in total. The Kier molecular flexibility index (Phi) is 2.89. The lowest BCUT2D eigenvalue weighted by atomic mass is 10.0. The fourth-order valence-corrected chi connectivity index (χ4v) is 2.51. The van der Waals surface area contributed by atoms with Crippen LogP contribution < -0.4 is 0 Å². The third kappa shape index (κ3) is 1.89. The highest BCUT2D eigenvalue weighted by molar-refractivity contribution is 4.85. The standard InChI is InChI=1S/C11H22N2/c1-10(12-6-3-4-7-12)11(2)13-8-5-9-13/h10-11H,3-9H2,1-2H3. The van der Waals surface area contributed by atoms with Crippen LogP contribution >= 0.6 is 0 Å². The molecule has 0 aromatic heterocycles. The first kappa shape index (κ1) is 9.47. The minimum Gasteiger partial charge on any atom is -0.299 e. The molecule has 13 heavy (non-hydrogen) atoms. The molecule has 0 aliphatic carbocycles.